The van der Waals surface area contributed by atoms with Gasteiger partial charge in [0.15, 0.2) is 5.90 Å². The van der Waals surface area contributed by atoms with Gasteiger partial charge in [-0.05, 0) is 0 Å². The Labute approximate surface area is 66.8 Å². The highest BCUT2D eigenvalue weighted by Crippen LogP contribution is 2.76. The first-order chi connectivity index (χ1) is 5.12. The van der Waals surface area contributed by atoms with Gasteiger partial charge in [-0.1, -0.05) is 0 Å². The van der Waals surface area contributed by atoms with Crippen LogP contribution in [0, 0.1) is 0 Å². The first-order valence-electron chi connectivity index (χ1n) is 2.51. The zero-order chi connectivity index (χ0) is 9.62. The molecule has 0 aliphatic carbocycles. The largest absolute Gasteiger partial charge is 0.486 e. The Morgan fingerprint density at radius 2 is 1.25 bits per heavy atom. The lowest BCUT2D eigenvalue weighted by atomic mass is 11.9. The molecule has 1 aliphatic heterocycles. The summed E-state index contributed by atoms with van der Waals surface area (Å²) >= 11 is 0. The lowest BCUT2D eigenvalue weighted by Gasteiger charge is -2.24. The van der Waals surface area contributed by atoms with Crippen LogP contribution in [-0.4, -0.2) is 20.6 Å². The summed E-state index contributed by atoms with van der Waals surface area (Å²) in [6.45, 7) is 0. The molecule has 0 radical (unpaired) electrons. The first-order valence-corrected chi connectivity index (χ1v) is 7.53. The van der Waals surface area contributed by atoms with Gasteiger partial charge in [-0.2, -0.15) is 0 Å². The third kappa shape index (κ3) is 2.76. The second kappa shape index (κ2) is 2.74. The molecule has 12 heavy (non-hydrogen) atoms. The Morgan fingerprint density at radius 3 is 1.50 bits per heavy atom. The molecule has 0 spiro atoms. The van der Waals surface area contributed by atoms with Crippen LogP contribution in [-0.2, 0) is 22.3 Å². The lowest BCUT2D eigenvalue weighted by Crippen LogP contribution is -2.04. The van der Waals surface area contributed by atoms with Crippen molar-refractivity contribution in [1.29, 1.82) is 0 Å². The van der Waals surface area contributed by atoms with Gasteiger partial charge in [0.25, 0.3) is 0 Å². The van der Waals surface area contributed by atoms with Crippen LogP contribution < -0.4 is 0 Å². The molecule has 0 aromatic heterocycles. The molecule has 0 amide bonds. The smallest absolute Gasteiger partial charge is 0.324 e. The molecular formula is CH5O8P3. The molecule has 0 aromatic carbocycles. The zero-order valence-corrected chi connectivity index (χ0v) is 8.11. The van der Waals surface area contributed by atoms with Crippen LogP contribution in [0.3, 0.4) is 0 Å². The summed E-state index contributed by atoms with van der Waals surface area (Å²) in [4.78, 5) is 25.8. The van der Waals surface area contributed by atoms with Gasteiger partial charge in [0.1, 0.15) is 0 Å². The topological polar surface area (TPSA) is 130 Å². The predicted octanol–water partition coefficient (Wildman–Crippen LogP) is 0.462. The fourth-order valence-corrected chi connectivity index (χ4v) is 6.73. The molecule has 1 aliphatic rings. The van der Waals surface area contributed by atoms with Gasteiger partial charge in [-0.25, -0.2) is 13.2 Å². The molecule has 1 saturated heterocycles. The summed E-state index contributed by atoms with van der Waals surface area (Å²) in [7, 11) is -13.8. The van der Waals surface area contributed by atoms with Crippen LogP contribution in [0.2, 0.25) is 0 Å². The van der Waals surface area contributed by atoms with Crippen LogP contribution in [0.15, 0.2) is 0 Å². The van der Waals surface area contributed by atoms with Crippen molar-refractivity contribution in [3.8, 4) is 0 Å². The Balaban J connectivity index is 3.05. The third-order valence-corrected chi connectivity index (χ3v) is 7.37. The van der Waals surface area contributed by atoms with E-state index < -0.39 is 28.9 Å². The fraction of sp³-hybridized carbons (Fsp3) is 1.00. The fourth-order valence-electron chi connectivity index (χ4n) is 0.615. The van der Waals surface area contributed by atoms with Gasteiger partial charge in [0, 0.05) is 0 Å². The minimum atomic E-state index is -4.86. The number of phosphoric acid groups is 1. The molecule has 3 N–H and O–H groups in total. The van der Waals surface area contributed by atoms with E-state index in [2.05, 4.69) is 8.62 Å². The molecule has 1 fully saturated rings. The van der Waals surface area contributed by atoms with Crippen molar-refractivity contribution in [3.63, 3.8) is 0 Å². The summed E-state index contributed by atoms with van der Waals surface area (Å²) in [5.41, 5.74) is 0. The average Bonchev–Trinajstić information content (AvgIpc) is 1.44. The van der Waals surface area contributed by atoms with Crippen molar-refractivity contribution in [2.45, 2.75) is 0 Å². The van der Waals surface area contributed by atoms with Crippen LogP contribution in [0.5, 0.6) is 0 Å². The van der Waals surface area contributed by atoms with Crippen molar-refractivity contribution in [2.75, 3.05) is 5.90 Å². The second-order valence-corrected chi connectivity index (χ2v) is 7.97. The Bertz CT molecular complexity index is 259. The molecule has 11 heteroatoms. The number of hydrogen-bond acceptors (Lipinski definition) is 5. The second-order valence-electron chi connectivity index (χ2n) is 2.05. The normalized spacial score (nSPS) is 55.2. The van der Waals surface area contributed by atoms with Gasteiger partial charge < -0.3 is 14.7 Å². The van der Waals surface area contributed by atoms with Gasteiger partial charge >= 0.3 is 23.0 Å². The molecule has 8 nitrogen and oxygen atoms in total. The van der Waals surface area contributed by atoms with Gasteiger partial charge in [0.05, 0.1) is 0 Å². The maximum atomic E-state index is 10.7. The first kappa shape index (κ1) is 10.6. The molecular weight excluding hydrogens is 233 g/mol. The Morgan fingerprint density at radius 1 is 0.917 bits per heavy atom. The van der Waals surface area contributed by atoms with E-state index in [4.69, 9.17) is 14.7 Å². The molecule has 0 bridgehead atoms. The Hall–Kier alpha value is 0.490. The molecule has 0 aromatic rings. The summed E-state index contributed by atoms with van der Waals surface area (Å²) < 4.78 is 39.1. The molecule has 0 saturated carbocycles. The zero-order valence-electron chi connectivity index (χ0n) is 5.43. The van der Waals surface area contributed by atoms with E-state index in [0.717, 1.165) is 0 Å². The van der Waals surface area contributed by atoms with E-state index in [1.807, 2.05) is 0 Å². The Kier molecular flexibility index (Phi) is 2.41. The average molecular weight is 238 g/mol. The van der Waals surface area contributed by atoms with Crippen molar-refractivity contribution >= 4 is 23.0 Å². The van der Waals surface area contributed by atoms with Crippen molar-refractivity contribution in [3.05, 3.63) is 0 Å². The maximum absolute atomic E-state index is 10.7. The lowest BCUT2D eigenvalue weighted by molar-refractivity contribution is 0.244. The van der Waals surface area contributed by atoms with E-state index in [9.17, 15) is 13.7 Å². The van der Waals surface area contributed by atoms with E-state index in [0.29, 0.717) is 0 Å². The van der Waals surface area contributed by atoms with E-state index in [1.54, 1.807) is 0 Å². The highest BCUT2D eigenvalue weighted by Gasteiger charge is 2.50. The molecule has 72 valence electrons. The highest BCUT2D eigenvalue weighted by atomic mass is 31.3. The van der Waals surface area contributed by atoms with E-state index >= 15 is 0 Å². The molecule has 1 heterocycles. The van der Waals surface area contributed by atoms with Gasteiger partial charge in [-0.3, -0.25) is 9.13 Å². The number of rotatable bonds is 0. The summed E-state index contributed by atoms with van der Waals surface area (Å²) in [5.74, 6) is -1.18. The molecule has 2 atom stereocenters. The highest BCUT2D eigenvalue weighted by molar-refractivity contribution is 7.80. The molecule has 2 unspecified atom stereocenters. The van der Waals surface area contributed by atoms with Crippen molar-refractivity contribution < 1.29 is 37.0 Å². The maximum Gasteiger partial charge on any atom is 0.486 e. The van der Waals surface area contributed by atoms with Crippen molar-refractivity contribution in [1.82, 2.24) is 0 Å². The quantitative estimate of drug-likeness (QED) is 0.518. The standard InChI is InChI=1S/CH5O8P3/c2-10(3)1-11(4,5)9-12(6,7)8-10/h1H2,(H,2,3)(H,4,5)(H,6,7). The van der Waals surface area contributed by atoms with Crippen molar-refractivity contribution in [2.24, 2.45) is 0 Å². The van der Waals surface area contributed by atoms with E-state index in [-0.39, 0.29) is 0 Å². The van der Waals surface area contributed by atoms with Crippen LogP contribution in [0.25, 0.3) is 0 Å². The minimum Gasteiger partial charge on any atom is -0.324 e. The monoisotopic (exact) mass is 238 g/mol. The summed E-state index contributed by atoms with van der Waals surface area (Å²) in [6.07, 6.45) is 0. The SMILES string of the molecule is O=P1(O)CP(=O)(O)OP(=O)(O)O1. The van der Waals surface area contributed by atoms with Gasteiger partial charge in [-0.15, -0.1) is 0 Å². The third-order valence-electron chi connectivity index (χ3n) is 0.819. The molecule has 1 rings (SSSR count). The predicted molar refractivity (Wildman–Crippen MR) is 36.5 cm³/mol. The summed E-state index contributed by atoms with van der Waals surface area (Å²) in [6, 6.07) is 0. The number of hydrogen-bond donors (Lipinski definition) is 3. The van der Waals surface area contributed by atoms with Crippen LogP contribution in [0.4, 0.5) is 0 Å². The minimum absolute atomic E-state index is 1.18. The van der Waals surface area contributed by atoms with Gasteiger partial charge in [0.2, 0.25) is 0 Å². The summed E-state index contributed by atoms with van der Waals surface area (Å²) in [5, 5.41) is 0. The van der Waals surface area contributed by atoms with Crippen LogP contribution >= 0.6 is 23.0 Å². The van der Waals surface area contributed by atoms with Crippen LogP contribution in [0.1, 0.15) is 0 Å². The van der Waals surface area contributed by atoms with E-state index in [1.165, 1.54) is 0 Å².